The van der Waals surface area contributed by atoms with Gasteiger partial charge in [0.2, 0.25) is 0 Å². The number of aryl methyl sites for hydroxylation is 1. The zero-order chi connectivity index (χ0) is 22.1. The first-order valence-corrected chi connectivity index (χ1v) is 11.8. The van der Waals surface area contributed by atoms with Gasteiger partial charge in [-0.3, -0.25) is 9.36 Å². The fourth-order valence-corrected chi connectivity index (χ4v) is 4.97. The number of thioether (sulfide) groups is 1. The zero-order valence-electron chi connectivity index (χ0n) is 18.5. The molecule has 1 aliphatic rings. The number of hydrogen-bond donors (Lipinski definition) is 2. The quantitative estimate of drug-likeness (QED) is 0.580. The first-order chi connectivity index (χ1) is 14.9. The van der Waals surface area contributed by atoms with E-state index < -0.39 is 0 Å². The normalized spacial score (nSPS) is 15.3. The molecular weight excluding hydrogens is 411 g/mol. The number of anilines is 2. The molecule has 0 amide bonds. The van der Waals surface area contributed by atoms with Crippen LogP contribution in [0.5, 0.6) is 0 Å². The molecule has 5 nitrogen and oxygen atoms in total. The molecule has 1 aromatic heterocycles. The summed E-state index contributed by atoms with van der Waals surface area (Å²) < 4.78 is 17.5. The minimum absolute atomic E-state index is 0.161. The molecule has 0 spiro atoms. The van der Waals surface area contributed by atoms with Crippen molar-refractivity contribution in [1.82, 2.24) is 9.88 Å². The minimum Gasteiger partial charge on any atom is -0.378 e. The molecule has 0 saturated carbocycles. The smallest absolute Gasteiger partial charge is 0.259 e. The van der Waals surface area contributed by atoms with Crippen LogP contribution >= 0.6 is 11.8 Å². The van der Waals surface area contributed by atoms with Crippen molar-refractivity contribution in [2.45, 2.75) is 24.8 Å². The van der Waals surface area contributed by atoms with E-state index in [9.17, 15) is 4.79 Å². The van der Waals surface area contributed by atoms with Crippen molar-refractivity contribution in [2.24, 2.45) is 7.05 Å². The summed E-state index contributed by atoms with van der Waals surface area (Å²) in [4.78, 5) is 16.4. The van der Waals surface area contributed by atoms with Crippen LogP contribution < -0.4 is 21.1 Å². The fourth-order valence-electron chi connectivity index (χ4n) is 4.41. The molecule has 31 heavy (non-hydrogen) atoms. The maximum Gasteiger partial charge on any atom is 0.259 e. The lowest BCUT2D eigenvalue weighted by molar-refractivity contribution is 0.548. The van der Waals surface area contributed by atoms with E-state index >= 15 is 4.39 Å². The van der Waals surface area contributed by atoms with Crippen molar-refractivity contribution in [2.75, 3.05) is 42.7 Å². The number of aromatic nitrogens is 1. The first-order valence-electron chi connectivity index (χ1n) is 10.6. The lowest BCUT2D eigenvalue weighted by atomic mass is 9.96. The molecule has 1 atom stereocenters. The highest BCUT2D eigenvalue weighted by Crippen LogP contribution is 2.34. The van der Waals surface area contributed by atoms with Crippen molar-refractivity contribution in [3.63, 3.8) is 0 Å². The van der Waals surface area contributed by atoms with Gasteiger partial charge in [-0.2, -0.15) is 0 Å². The van der Waals surface area contributed by atoms with Crippen LogP contribution in [0, 0.1) is 12.7 Å². The van der Waals surface area contributed by atoms with E-state index in [1.165, 1.54) is 4.57 Å². The van der Waals surface area contributed by atoms with Crippen LogP contribution in [0.4, 0.5) is 15.9 Å². The van der Waals surface area contributed by atoms with Gasteiger partial charge >= 0.3 is 0 Å². The summed E-state index contributed by atoms with van der Waals surface area (Å²) in [5.41, 5.74) is 2.59. The van der Waals surface area contributed by atoms with Crippen LogP contribution in [0.25, 0.3) is 10.8 Å². The molecule has 3 aromatic rings. The van der Waals surface area contributed by atoms with E-state index in [0.717, 1.165) is 34.8 Å². The number of nitrogens with zero attached hydrogens (tertiary/aromatic N) is 2. The van der Waals surface area contributed by atoms with Crippen LogP contribution in [0.2, 0.25) is 0 Å². The number of hydrogen-bond acceptors (Lipinski definition) is 5. The average molecular weight is 441 g/mol. The molecule has 4 rings (SSSR count). The van der Waals surface area contributed by atoms with Crippen molar-refractivity contribution >= 4 is 34.0 Å². The lowest BCUT2D eigenvalue weighted by Gasteiger charge is -2.31. The molecule has 1 fully saturated rings. The standard InChI is InChI=1S/C24H29FN4OS/c1-15-13-17(16(2)27-19-7-5-6-8-20(19)31-4)21-18(14-15)24(30)28(3)23(22(21)25)29-11-9-26-10-12-29/h5-8,13-14,16,26-27H,9-12H2,1-4H3/t16-/m1/s1. The number of benzene rings is 2. The summed E-state index contributed by atoms with van der Waals surface area (Å²) in [6.45, 7) is 6.86. The molecule has 0 unspecified atom stereocenters. The Hall–Kier alpha value is -2.51. The lowest BCUT2D eigenvalue weighted by Crippen LogP contribution is -2.46. The Morgan fingerprint density at radius 3 is 2.61 bits per heavy atom. The number of pyridine rings is 1. The average Bonchev–Trinajstić information content (AvgIpc) is 2.78. The molecule has 0 bridgehead atoms. The number of piperazine rings is 1. The number of nitrogens with one attached hydrogen (secondary N) is 2. The van der Waals surface area contributed by atoms with Gasteiger partial charge in [0.25, 0.3) is 5.56 Å². The minimum atomic E-state index is -0.319. The van der Waals surface area contributed by atoms with Gasteiger partial charge in [0, 0.05) is 55.2 Å². The highest BCUT2D eigenvalue weighted by molar-refractivity contribution is 7.98. The molecule has 1 saturated heterocycles. The van der Waals surface area contributed by atoms with Crippen LogP contribution in [0.15, 0.2) is 46.1 Å². The number of rotatable bonds is 5. The predicted octanol–water partition coefficient (Wildman–Crippen LogP) is 4.29. The van der Waals surface area contributed by atoms with Crippen LogP contribution in [-0.4, -0.2) is 37.0 Å². The summed E-state index contributed by atoms with van der Waals surface area (Å²) in [5, 5.41) is 7.68. The highest BCUT2D eigenvalue weighted by atomic mass is 32.2. The zero-order valence-corrected chi connectivity index (χ0v) is 19.3. The van der Waals surface area contributed by atoms with Crippen molar-refractivity contribution < 1.29 is 4.39 Å². The molecule has 164 valence electrons. The molecule has 2 aromatic carbocycles. The Labute approximate surface area is 186 Å². The second kappa shape index (κ2) is 8.93. The number of halogens is 1. The molecule has 2 N–H and O–H groups in total. The molecule has 2 heterocycles. The van der Waals surface area contributed by atoms with Gasteiger partial charge in [0.15, 0.2) is 5.82 Å². The maximum atomic E-state index is 16.1. The topological polar surface area (TPSA) is 49.3 Å². The van der Waals surface area contributed by atoms with Gasteiger partial charge in [-0.1, -0.05) is 18.2 Å². The largest absolute Gasteiger partial charge is 0.378 e. The van der Waals surface area contributed by atoms with E-state index in [2.05, 4.69) is 16.7 Å². The van der Waals surface area contributed by atoms with Gasteiger partial charge < -0.3 is 15.5 Å². The third-order valence-corrected chi connectivity index (χ3v) is 6.74. The van der Waals surface area contributed by atoms with E-state index in [0.29, 0.717) is 29.7 Å². The Bertz CT molecular complexity index is 1170. The van der Waals surface area contributed by atoms with E-state index in [1.54, 1.807) is 24.9 Å². The predicted molar refractivity (Wildman–Crippen MR) is 129 cm³/mol. The Morgan fingerprint density at radius 1 is 1.19 bits per heavy atom. The Kier molecular flexibility index (Phi) is 6.25. The van der Waals surface area contributed by atoms with Gasteiger partial charge in [0.1, 0.15) is 5.82 Å². The molecule has 0 radical (unpaired) electrons. The van der Waals surface area contributed by atoms with Gasteiger partial charge in [-0.15, -0.1) is 11.8 Å². The molecule has 0 aliphatic carbocycles. The third-order valence-electron chi connectivity index (χ3n) is 5.94. The summed E-state index contributed by atoms with van der Waals surface area (Å²) in [6.07, 6.45) is 2.04. The second-order valence-corrected chi connectivity index (χ2v) is 8.93. The SMILES string of the molecule is CSc1ccccc1N[C@H](C)c1cc(C)cc2c(=O)n(C)c(N3CCNCC3)c(F)c12. The second-order valence-electron chi connectivity index (χ2n) is 8.08. The third kappa shape index (κ3) is 4.04. The fraction of sp³-hybridized carbons (Fsp3) is 0.375. The Morgan fingerprint density at radius 2 is 1.90 bits per heavy atom. The van der Waals surface area contributed by atoms with Crippen LogP contribution in [0.3, 0.4) is 0 Å². The molecular formula is C24H29FN4OS. The van der Waals surface area contributed by atoms with Crippen molar-refractivity contribution in [3.8, 4) is 0 Å². The maximum absolute atomic E-state index is 16.1. The van der Waals surface area contributed by atoms with Crippen molar-refractivity contribution in [3.05, 3.63) is 63.7 Å². The summed E-state index contributed by atoms with van der Waals surface area (Å²) >= 11 is 1.67. The number of fused-ring (bicyclic) bond motifs is 1. The van der Waals surface area contributed by atoms with Crippen molar-refractivity contribution in [1.29, 1.82) is 0 Å². The molecule has 7 heteroatoms. The van der Waals surface area contributed by atoms with Crippen LogP contribution in [0.1, 0.15) is 24.1 Å². The monoisotopic (exact) mass is 440 g/mol. The van der Waals surface area contributed by atoms with E-state index in [4.69, 9.17) is 0 Å². The van der Waals surface area contributed by atoms with E-state index in [1.807, 2.05) is 49.3 Å². The summed E-state index contributed by atoms with van der Waals surface area (Å²) in [6, 6.07) is 11.7. The highest BCUT2D eigenvalue weighted by Gasteiger charge is 2.25. The Balaban J connectivity index is 1.88. The summed E-state index contributed by atoms with van der Waals surface area (Å²) in [7, 11) is 1.67. The van der Waals surface area contributed by atoms with Gasteiger partial charge in [-0.05, 0) is 49.4 Å². The number of para-hydroxylation sites is 1. The summed E-state index contributed by atoms with van der Waals surface area (Å²) in [5.74, 6) is 0.0571. The van der Waals surface area contributed by atoms with Gasteiger partial charge in [0.05, 0.1) is 5.39 Å². The molecule has 1 aliphatic heterocycles. The van der Waals surface area contributed by atoms with E-state index in [-0.39, 0.29) is 17.4 Å². The first kappa shape index (κ1) is 21.7. The van der Waals surface area contributed by atoms with Crippen LogP contribution in [-0.2, 0) is 7.05 Å². The van der Waals surface area contributed by atoms with Gasteiger partial charge in [-0.25, -0.2) is 4.39 Å².